The van der Waals surface area contributed by atoms with Gasteiger partial charge in [0.05, 0.1) is 41.5 Å². The number of methoxy groups -OCH3 is 1. The molecule has 5 rings (SSSR count). The van der Waals surface area contributed by atoms with E-state index in [0.29, 0.717) is 12.8 Å². The summed E-state index contributed by atoms with van der Waals surface area (Å²) in [5.74, 6) is -5.11. The molecule has 4 N–H and O–H groups in total. The van der Waals surface area contributed by atoms with Gasteiger partial charge in [-0.05, 0) is 85.8 Å². The predicted octanol–water partition coefficient (Wildman–Crippen LogP) is 4.41. The molecular formula is C35H39F2N5O8S. The Bertz CT molecular complexity index is 1970. The Morgan fingerprint density at radius 2 is 1.71 bits per heavy atom. The first-order valence-corrected chi connectivity index (χ1v) is 17.7. The van der Waals surface area contributed by atoms with Crippen molar-refractivity contribution in [2.45, 2.75) is 48.4 Å². The number of rotatable bonds is 12. The van der Waals surface area contributed by atoms with Gasteiger partial charge in [0, 0.05) is 31.9 Å². The third-order valence-electron chi connectivity index (χ3n) is 8.83. The van der Waals surface area contributed by atoms with E-state index in [4.69, 9.17) is 15.2 Å². The van der Waals surface area contributed by atoms with Crippen molar-refractivity contribution in [3.8, 4) is 5.75 Å². The van der Waals surface area contributed by atoms with Gasteiger partial charge in [-0.15, -0.1) is 0 Å². The van der Waals surface area contributed by atoms with Crippen LogP contribution in [0.2, 0.25) is 0 Å². The first-order chi connectivity index (χ1) is 24.2. The number of ether oxygens (including phenoxy) is 2. The van der Waals surface area contributed by atoms with Gasteiger partial charge in [-0.2, -0.15) is 0 Å². The molecule has 0 unspecified atom stereocenters. The van der Waals surface area contributed by atoms with Gasteiger partial charge in [0.1, 0.15) is 11.9 Å². The van der Waals surface area contributed by atoms with Crippen LogP contribution < -0.4 is 21.1 Å². The van der Waals surface area contributed by atoms with Gasteiger partial charge in [-0.3, -0.25) is 14.4 Å². The van der Waals surface area contributed by atoms with E-state index in [9.17, 15) is 32.0 Å². The maximum atomic E-state index is 15.2. The number of carbonyl (C=O) groups is 4. The number of likely N-dealkylation sites (tertiary alicyclic amines) is 1. The number of hydrogen-bond donors (Lipinski definition) is 3. The number of benzene rings is 3. The number of nitrogens with one attached hydrogen (secondary N) is 2. The van der Waals surface area contributed by atoms with E-state index >= 15 is 4.39 Å². The molecule has 3 aromatic rings. The molecule has 3 aromatic carbocycles. The second-order valence-corrected chi connectivity index (χ2v) is 14.7. The third kappa shape index (κ3) is 7.75. The highest BCUT2D eigenvalue weighted by molar-refractivity contribution is 7.92. The first-order valence-electron chi connectivity index (χ1n) is 16.2. The zero-order valence-electron chi connectivity index (χ0n) is 28.4. The molecule has 0 radical (unpaired) electrons. The summed E-state index contributed by atoms with van der Waals surface area (Å²) < 4.78 is 68.1. The smallest absolute Gasteiger partial charge is 0.321 e. The van der Waals surface area contributed by atoms with E-state index in [1.165, 1.54) is 67.4 Å². The molecule has 51 heavy (non-hydrogen) atoms. The second kappa shape index (κ2) is 14.9. The quantitative estimate of drug-likeness (QED) is 0.228. The molecular weight excluding hydrogens is 688 g/mol. The normalized spacial score (nSPS) is 17.7. The molecule has 1 saturated heterocycles. The van der Waals surface area contributed by atoms with Crippen molar-refractivity contribution in [1.82, 2.24) is 9.80 Å². The van der Waals surface area contributed by atoms with Crippen molar-refractivity contribution in [1.29, 1.82) is 0 Å². The molecule has 2 fully saturated rings. The number of nitrogens with two attached hydrogens (primary N) is 1. The average Bonchev–Trinajstić information content (AvgIpc) is 3.87. The monoisotopic (exact) mass is 727 g/mol. The van der Waals surface area contributed by atoms with Crippen LogP contribution in [0.1, 0.15) is 59.8 Å². The van der Waals surface area contributed by atoms with E-state index in [-0.39, 0.29) is 58.3 Å². The SMILES string of the molecule is CCOC(=O)[C@H]1CCN(C(=O)[C@H](Nc2cc(C(N)=O)ccc2F)c2ccc(F)c(OC)c2)[C@H]1c1cc(NC(=O)N(C)C)ccc1S(=O)(=O)C1CC1. The molecule has 1 heterocycles. The van der Waals surface area contributed by atoms with Gasteiger partial charge in [0.15, 0.2) is 21.4 Å². The van der Waals surface area contributed by atoms with E-state index in [2.05, 4.69) is 10.6 Å². The Morgan fingerprint density at radius 1 is 1.00 bits per heavy atom. The highest BCUT2D eigenvalue weighted by Crippen LogP contribution is 2.46. The Balaban J connectivity index is 1.69. The molecule has 3 atom stereocenters. The number of amides is 4. The minimum atomic E-state index is -3.94. The summed E-state index contributed by atoms with van der Waals surface area (Å²) >= 11 is 0. The van der Waals surface area contributed by atoms with Crippen molar-refractivity contribution in [3.63, 3.8) is 0 Å². The molecule has 16 heteroatoms. The van der Waals surface area contributed by atoms with Crippen LogP contribution in [0.15, 0.2) is 59.5 Å². The average molecular weight is 728 g/mol. The highest BCUT2D eigenvalue weighted by atomic mass is 32.2. The minimum Gasteiger partial charge on any atom is -0.494 e. The summed E-state index contributed by atoms with van der Waals surface area (Å²) in [6, 6.07) is 7.88. The van der Waals surface area contributed by atoms with E-state index in [0.717, 1.165) is 18.2 Å². The molecule has 1 aliphatic carbocycles. The lowest BCUT2D eigenvalue weighted by atomic mass is 9.92. The zero-order chi connectivity index (χ0) is 37.2. The van der Waals surface area contributed by atoms with Crippen LogP contribution in [0.4, 0.5) is 25.0 Å². The molecule has 272 valence electrons. The molecule has 13 nitrogen and oxygen atoms in total. The number of nitrogens with zero attached hydrogens (tertiary/aromatic N) is 2. The minimum absolute atomic E-state index is 0.0111. The first kappa shape index (κ1) is 37.0. The Labute approximate surface area is 294 Å². The maximum absolute atomic E-state index is 15.2. The molecule has 1 aliphatic heterocycles. The Kier molecular flexibility index (Phi) is 10.8. The summed E-state index contributed by atoms with van der Waals surface area (Å²) in [4.78, 5) is 55.4. The van der Waals surface area contributed by atoms with Crippen LogP contribution in [0.5, 0.6) is 5.75 Å². The lowest BCUT2D eigenvalue weighted by molar-refractivity contribution is -0.149. The van der Waals surface area contributed by atoms with Gasteiger partial charge >= 0.3 is 12.0 Å². The Hall–Kier alpha value is -5.25. The number of primary amides is 1. The number of urea groups is 1. The van der Waals surface area contributed by atoms with Crippen molar-refractivity contribution in [3.05, 3.63) is 82.9 Å². The zero-order valence-corrected chi connectivity index (χ0v) is 29.3. The van der Waals surface area contributed by atoms with Crippen LogP contribution in [0.25, 0.3) is 0 Å². The maximum Gasteiger partial charge on any atom is 0.321 e. The molecule has 4 amide bonds. The van der Waals surface area contributed by atoms with Gasteiger partial charge in [0.2, 0.25) is 11.8 Å². The van der Waals surface area contributed by atoms with Gasteiger partial charge in [0.25, 0.3) is 0 Å². The van der Waals surface area contributed by atoms with Crippen LogP contribution in [-0.4, -0.2) is 81.6 Å². The molecule has 0 bridgehead atoms. The summed E-state index contributed by atoms with van der Waals surface area (Å²) in [6.07, 6.45) is 0.936. The predicted molar refractivity (Wildman–Crippen MR) is 183 cm³/mol. The van der Waals surface area contributed by atoms with Gasteiger partial charge < -0.3 is 35.6 Å². The van der Waals surface area contributed by atoms with Crippen LogP contribution in [-0.2, 0) is 24.2 Å². The molecule has 1 saturated carbocycles. The van der Waals surface area contributed by atoms with E-state index in [1.807, 2.05) is 0 Å². The molecule has 0 aromatic heterocycles. The van der Waals surface area contributed by atoms with Crippen LogP contribution >= 0.6 is 0 Å². The number of halogens is 2. The molecule has 0 spiro atoms. The largest absolute Gasteiger partial charge is 0.494 e. The second-order valence-electron chi connectivity index (χ2n) is 12.5. The summed E-state index contributed by atoms with van der Waals surface area (Å²) in [5, 5.41) is 4.85. The number of esters is 1. The highest BCUT2D eigenvalue weighted by Gasteiger charge is 2.48. The number of sulfone groups is 1. The lowest BCUT2D eigenvalue weighted by Gasteiger charge is -2.33. The summed E-state index contributed by atoms with van der Waals surface area (Å²) in [6.45, 7) is 1.56. The topological polar surface area (TPSA) is 177 Å². The Morgan fingerprint density at radius 3 is 2.33 bits per heavy atom. The van der Waals surface area contributed by atoms with Crippen molar-refractivity contribution >= 4 is 45.0 Å². The van der Waals surface area contributed by atoms with Crippen molar-refractivity contribution in [2.24, 2.45) is 11.7 Å². The summed E-state index contributed by atoms with van der Waals surface area (Å²) in [7, 11) is 0.337. The van der Waals surface area contributed by atoms with E-state index < -0.39 is 68.5 Å². The number of anilines is 2. The fraction of sp³-hybridized carbons (Fsp3) is 0.371. The lowest BCUT2D eigenvalue weighted by Crippen LogP contribution is -2.40. The summed E-state index contributed by atoms with van der Waals surface area (Å²) in [5.41, 5.74) is 5.51. The number of carbonyl (C=O) groups excluding carboxylic acids is 4. The molecule has 2 aliphatic rings. The fourth-order valence-corrected chi connectivity index (χ4v) is 7.97. The fourth-order valence-electron chi connectivity index (χ4n) is 6.08. The number of hydrogen-bond acceptors (Lipinski definition) is 9. The van der Waals surface area contributed by atoms with Gasteiger partial charge in [-0.1, -0.05) is 6.07 Å². The van der Waals surface area contributed by atoms with Crippen molar-refractivity contribution < 1.29 is 45.9 Å². The van der Waals surface area contributed by atoms with Crippen LogP contribution in [0.3, 0.4) is 0 Å². The standard InChI is InChI=1S/C35H39F2N5O8S/c1-5-50-34(45)23-14-15-42(31(23)24-18-21(39-35(46)41(2)3)8-13-29(24)51(47,48)22-9-10-22)33(44)30(19-6-12-26(37)28(17-19)49-4)40-27-16-20(32(38)43)7-11-25(27)36/h6-8,11-13,16-18,22-23,30-31,40H,5,9-10,14-15H2,1-4H3,(H2,38,43)(H,39,46)/t23-,30+,31+/m0/s1. The van der Waals surface area contributed by atoms with E-state index in [1.54, 1.807) is 6.92 Å². The van der Waals surface area contributed by atoms with Crippen LogP contribution in [0, 0.1) is 17.6 Å². The van der Waals surface area contributed by atoms with Crippen molar-refractivity contribution in [2.75, 3.05) is 45.0 Å². The van der Waals surface area contributed by atoms with Gasteiger partial charge in [-0.25, -0.2) is 22.0 Å². The third-order valence-corrected chi connectivity index (χ3v) is 11.2.